The van der Waals surface area contributed by atoms with Crippen molar-refractivity contribution in [2.24, 2.45) is 0 Å². The standard InChI is InChI=1S/C15H19ClN2O5/c1-3-17-15(21)10(2)18-13(19)8-23-14(20)9-22-12-6-4-5-11(16)7-12/h4-7,10H,3,8-9H2,1-2H3,(H,17,21)(H,18,19)/t10-/m0/s1. The van der Waals surface area contributed by atoms with Crippen molar-refractivity contribution >= 4 is 29.4 Å². The lowest BCUT2D eigenvalue weighted by atomic mass is 10.3. The van der Waals surface area contributed by atoms with Crippen LogP contribution < -0.4 is 15.4 Å². The normalized spacial score (nSPS) is 11.3. The van der Waals surface area contributed by atoms with E-state index in [1.165, 1.54) is 6.92 Å². The topological polar surface area (TPSA) is 93.7 Å². The molecule has 7 nitrogen and oxygen atoms in total. The Bertz CT molecular complexity index is 565. The van der Waals surface area contributed by atoms with E-state index in [1.807, 2.05) is 0 Å². The molecular weight excluding hydrogens is 324 g/mol. The van der Waals surface area contributed by atoms with Crippen LogP contribution in [-0.4, -0.2) is 43.6 Å². The van der Waals surface area contributed by atoms with E-state index in [-0.39, 0.29) is 12.5 Å². The van der Waals surface area contributed by atoms with Crippen LogP contribution in [0.1, 0.15) is 13.8 Å². The highest BCUT2D eigenvalue weighted by molar-refractivity contribution is 6.30. The molecule has 0 fully saturated rings. The second kappa shape index (κ2) is 9.68. The second-order valence-corrected chi connectivity index (χ2v) is 5.03. The molecule has 0 spiro atoms. The Hall–Kier alpha value is -2.28. The van der Waals surface area contributed by atoms with E-state index in [9.17, 15) is 14.4 Å². The Morgan fingerprint density at radius 3 is 2.65 bits per heavy atom. The van der Waals surface area contributed by atoms with Gasteiger partial charge >= 0.3 is 5.97 Å². The number of esters is 1. The summed E-state index contributed by atoms with van der Waals surface area (Å²) in [4.78, 5) is 34.5. The molecule has 0 saturated carbocycles. The van der Waals surface area contributed by atoms with Crippen LogP contribution >= 0.6 is 11.6 Å². The number of carbonyl (C=O) groups excluding carboxylic acids is 3. The van der Waals surface area contributed by atoms with Crippen LogP contribution in [0.4, 0.5) is 0 Å². The van der Waals surface area contributed by atoms with E-state index in [2.05, 4.69) is 10.6 Å². The summed E-state index contributed by atoms with van der Waals surface area (Å²) in [5.41, 5.74) is 0. The van der Waals surface area contributed by atoms with Gasteiger partial charge in [0.25, 0.3) is 5.91 Å². The monoisotopic (exact) mass is 342 g/mol. The molecule has 0 aliphatic rings. The summed E-state index contributed by atoms with van der Waals surface area (Å²) >= 11 is 5.78. The number of benzene rings is 1. The Morgan fingerprint density at radius 1 is 1.26 bits per heavy atom. The number of carbonyl (C=O) groups is 3. The number of halogens is 1. The molecule has 0 unspecified atom stereocenters. The van der Waals surface area contributed by atoms with Crippen molar-refractivity contribution < 1.29 is 23.9 Å². The largest absolute Gasteiger partial charge is 0.482 e. The molecule has 8 heteroatoms. The molecular formula is C15H19ClN2O5. The lowest BCUT2D eigenvalue weighted by Crippen LogP contribution is -2.46. The summed E-state index contributed by atoms with van der Waals surface area (Å²) in [6.45, 7) is 2.94. The quantitative estimate of drug-likeness (QED) is 0.685. The van der Waals surface area contributed by atoms with E-state index in [1.54, 1.807) is 31.2 Å². The average Bonchev–Trinajstić information content (AvgIpc) is 2.51. The molecule has 2 amide bonds. The molecule has 0 aliphatic heterocycles. The Balaban J connectivity index is 2.27. The smallest absolute Gasteiger partial charge is 0.344 e. The fourth-order valence-corrected chi connectivity index (χ4v) is 1.74. The summed E-state index contributed by atoms with van der Waals surface area (Å²) in [5.74, 6) is -1.16. The maximum Gasteiger partial charge on any atom is 0.344 e. The molecule has 2 N–H and O–H groups in total. The SMILES string of the molecule is CCNC(=O)[C@H](C)NC(=O)COC(=O)COc1cccc(Cl)c1. The number of rotatable bonds is 8. The maximum atomic E-state index is 11.6. The Kier molecular flexibility index (Phi) is 7.90. The van der Waals surface area contributed by atoms with Gasteiger partial charge < -0.3 is 20.1 Å². The van der Waals surface area contributed by atoms with Crippen molar-refractivity contribution in [2.45, 2.75) is 19.9 Å². The number of ether oxygens (including phenoxy) is 2. The van der Waals surface area contributed by atoms with Gasteiger partial charge in [0.05, 0.1) is 0 Å². The van der Waals surface area contributed by atoms with Crippen LogP contribution in [0.15, 0.2) is 24.3 Å². The molecule has 1 atom stereocenters. The zero-order valence-corrected chi connectivity index (χ0v) is 13.7. The molecule has 126 valence electrons. The van der Waals surface area contributed by atoms with Crippen LogP contribution in [-0.2, 0) is 19.1 Å². The molecule has 0 radical (unpaired) electrons. The van der Waals surface area contributed by atoms with Gasteiger partial charge in [0.1, 0.15) is 11.8 Å². The molecule has 1 aromatic carbocycles. The van der Waals surface area contributed by atoms with E-state index in [0.29, 0.717) is 17.3 Å². The zero-order valence-electron chi connectivity index (χ0n) is 12.9. The van der Waals surface area contributed by atoms with E-state index >= 15 is 0 Å². The van der Waals surface area contributed by atoms with Crippen LogP contribution in [0.3, 0.4) is 0 Å². The van der Waals surface area contributed by atoms with Crippen LogP contribution in [0.2, 0.25) is 5.02 Å². The van der Waals surface area contributed by atoms with Gasteiger partial charge in [-0.25, -0.2) is 4.79 Å². The van der Waals surface area contributed by atoms with Crippen molar-refractivity contribution in [3.05, 3.63) is 29.3 Å². The lowest BCUT2D eigenvalue weighted by molar-refractivity contribution is -0.150. The first-order valence-electron chi connectivity index (χ1n) is 7.03. The predicted molar refractivity (Wildman–Crippen MR) is 84.2 cm³/mol. The number of likely N-dealkylation sites (N-methyl/N-ethyl adjacent to an activating group) is 1. The van der Waals surface area contributed by atoms with E-state index < -0.39 is 24.5 Å². The first-order valence-corrected chi connectivity index (χ1v) is 7.41. The molecule has 0 aromatic heterocycles. The van der Waals surface area contributed by atoms with E-state index in [4.69, 9.17) is 21.1 Å². The summed E-state index contributed by atoms with van der Waals surface area (Å²) in [6, 6.07) is 5.84. The van der Waals surface area contributed by atoms with Gasteiger partial charge in [-0.15, -0.1) is 0 Å². The minimum absolute atomic E-state index is 0.309. The molecule has 0 aliphatic carbocycles. The highest BCUT2D eigenvalue weighted by Gasteiger charge is 2.16. The first kappa shape index (κ1) is 18.8. The maximum absolute atomic E-state index is 11.6. The van der Waals surface area contributed by atoms with Gasteiger partial charge in [0.2, 0.25) is 5.91 Å². The molecule has 1 rings (SSSR count). The van der Waals surface area contributed by atoms with Crippen LogP contribution in [0.25, 0.3) is 0 Å². The van der Waals surface area contributed by atoms with Crippen molar-refractivity contribution in [3.8, 4) is 5.75 Å². The van der Waals surface area contributed by atoms with Crippen molar-refractivity contribution in [1.29, 1.82) is 0 Å². The van der Waals surface area contributed by atoms with E-state index in [0.717, 1.165) is 0 Å². The van der Waals surface area contributed by atoms with Gasteiger partial charge in [0.15, 0.2) is 13.2 Å². The van der Waals surface area contributed by atoms with Gasteiger partial charge in [-0.3, -0.25) is 9.59 Å². The van der Waals surface area contributed by atoms with Crippen molar-refractivity contribution in [3.63, 3.8) is 0 Å². The number of hydrogen-bond acceptors (Lipinski definition) is 5. The van der Waals surface area contributed by atoms with Crippen LogP contribution in [0.5, 0.6) is 5.75 Å². The molecule has 0 saturated heterocycles. The fourth-order valence-electron chi connectivity index (χ4n) is 1.56. The van der Waals surface area contributed by atoms with Crippen molar-refractivity contribution in [1.82, 2.24) is 10.6 Å². The molecule has 0 heterocycles. The predicted octanol–water partition coefficient (Wildman–Crippen LogP) is 0.903. The third kappa shape index (κ3) is 7.51. The second-order valence-electron chi connectivity index (χ2n) is 4.59. The van der Waals surface area contributed by atoms with Gasteiger partial charge in [-0.05, 0) is 32.0 Å². The zero-order chi connectivity index (χ0) is 17.2. The fraction of sp³-hybridized carbons (Fsp3) is 0.400. The van der Waals surface area contributed by atoms with Gasteiger partial charge in [0, 0.05) is 11.6 Å². The number of hydrogen-bond donors (Lipinski definition) is 2. The Labute approximate surface area is 139 Å². The molecule has 1 aromatic rings. The van der Waals surface area contributed by atoms with Crippen molar-refractivity contribution in [2.75, 3.05) is 19.8 Å². The van der Waals surface area contributed by atoms with Gasteiger partial charge in [-0.2, -0.15) is 0 Å². The first-order chi connectivity index (χ1) is 10.9. The van der Waals surface area contributed by atoms with Gasteiger partial charge in [-0.1, -0.05) is 17.7 Å². The minimum Gasteiger partial charge on any atom is -0.482 e. The third-order valence-corrected chi connectivity index (χ3v) is 2.87. The van der Waals surface area contributed by atoms with Crippen LogP contribution in [0, 0.1) is 0 Å². The summed E-state index contributed by atoms with van der Waals surface area (Å²) in [6.07, 6.45) is 0. The minimum atomic E-state index is -0.705. The lowest BCUT2D eigenvalue weighted by Gasteiger charge is -2.13. The Morgan fingerprint density at radius 2 is 2.00 bits per heavy atom. The highest BCUT2D eigenvalue weighted by Crippen LogP contribution is 2.16. The number of nitrogens with one attached hydrogen (secondary N) is 2. The molecule has 0 bridgehead atoms. The summed E-state index contributed by atoms with van der Waals surface area (Å²) in [7, 11) is 0. The third-order valence-electron chi connectivity index (χ3n) is 2.64. The highest BCUT2D eigenvalue weighted by atomic mass is 35.5. The summed E-state index contributed by atoms with van der Waals surface area (Å²) in [5, 5.41) is 5.46. The average molecular weight is 343 g/mol. The number of amides is 2. The summed E-state index contributed by atoms with van der Waals surface area (Å²) < 4.78 is 9.93. The molecule has 23 heavy (non-hydrogen) atoms.